The van der Waals surface area contributed by atoms with Crippen LogP contribution < -0.4 is 9.54 Å². The van der Waals surface area contributed by atoms with Crippen LogP contribution in [0.2, 0.25) is 5.02 Å². The molecule has 0 aliphatic rings. The minimum atomic E-state index is -3.45. The molecule has 0 unspecified atom stereocenters. The number of carbonyl (C=O) groups is 1. The normalized spacial score (nSPS) is 12.5. The van der Waals surface area contributed by atoms with Crippen LogP contribution in [0.25, 0.3) is 10.2 Å². The van der Waals surface area contributed by atoms with Crippen molar-refractivity contribution < 1.29 is 17.9 Å². The van der Waals surface area contributed by atoms with E-state index in [0.717, 1.165) is 16.0 Å². The van der Waals surface area contributed by atoms with E-state index < -0.39 is 9.84 Å². The van der Waals surface area contributed by atoms with Gasteiger partial charge in [-0.2, -0.15) is 4.99 Å². The SMILES string of the molecule is COc1ccc2c(c1)sc(=NC(=O)CCCS(=O)(=O)c1ccc(Cl)cc1)n2C. The van der Waals surface area contributed by atoms with Crippen molar-refractivity contribution in [2.75, 3.05) is 12.9 Å². The number of hydrogen-bond donors (Lipinski definition) is 0. The number of carbonyl (C=O) groups excluding carboxylic acids is 1. The van der Waals surface area contributed by atoms with Crippen molar-refractivity contribution in [3.05, 3.63) is 52.3 Å². The highest BCUT2D eigenvalue weighted by atomic mass is 35.5. The number of sulfone groups is 1. The van der Waals surface area contributed by atoms with Gasteiger partial charge in [0, 0.05) is 18.5 Å². The van der Waals surface area contributed by atoms with E-state index in [1.807, 2.05) is 29.8 Å². The van der Waals surface area contributed by atoms with Gasteiger partial charge < -0.3 is 9.30 Å². The molecule has 0 fully saturated rings. The first-order valence-electron chi connectivity index (χ1n) is 8.49. The zero-order chi connectivity index (χ0) is 20.3. The van der Waals surface area contributed by atoms with Crippen LogP contribution in [0, 0.1) is 0 Å². The molecule has 1 aromatic heterocycles. The average molecular weight is 439 g/mol. The Morgan fingerprint density at radius 2 is 1.93 bits per heavy atom. The van der Waals surface area contributed by atoms with Gasteiger partial charge in [0.15, 0.2) is 14.6 Å². The molecule has 0 atom stereocenters. The summed E-state index contributed by atoms with van der Waals surface area (Å²) < 4.78 is 32.6. The van der Waals surface area contributed by atoms with Crippen LogP contribution in [-0.4, -0.2) is 31.8 Å². The number of ether oxygens (including phenoxy) is 1. The van der Waals surface area contributed by atoms with Gasteiger partial charge in [-0.15, -0.1) is 0 Å². The number of hydrogen-bond acceptors (Lipinski definition) is 5. The third kappa shape index (κ3) is 4.63. The molecule has 3 rings (SSSR count). The number of benzene rings is 2. The van der Waals surface area contributed by atoms with Gasteiger partial charge >= 0.3 is 0 Å². The van der Waals surface area contributed by atoms with E-state index in [9.17, 15) is 13.2 Å². The molecule has 0 N–H and O–H groups in total. The highest BCUT2D eigenvalue weighted by Gasteiger charge is 2.15. The largest absolute Gasteiger partial charge is 0.497 e. The van der Waals surface area contributed by atoms with Crippen LogP contribution in [0.1, 0.15) is 12.8 Å². The first-order valence-corrected chi connectivity index (χ1v) is 11.3. The maximum absolute atomic E-state index is 12.3. The summed E-state index contributed by atoms with van der Waals surface area (Å²) in [6, 6.07) is 11.7. The molecule has 0 radical (unpaired) electrons. The van der Waals surface area contributed by atoms with E-state index in [-0.39, 0.29) is 29.4 Å². The van der Waals surface area contributed by atoms with E-state index >= 15 is 0 Å². The number of methoxy groups -OCH3 is 1. The Kier molecular flexibility index (Phi) is 6.22. The van der Waals surface area contributed by atoms with Crippen LogP contribution >= 0.6 is 22.9 Å². The second-order valence-electron chi connectivity index (χ2n) is 6.16. The highest BCUT2D eigenvalue weighted by molar-refractivity contribution is 7.91. The van der Waals surface area contributed by atoms with Gasteiger partial charge in [0.2, 0.25) is 5.91 Å². The van der Waals surface area contributed by atoms with Crippen LogP contribution in [0.4, 0.5) is 0 Å². The number of amides is 1. The summed E-state index contributed by atoms with van der Waals surface area (Å²) in [7, 11) is -0.0164. The molecule has 0 aliphatic carbocycles. The Bertz CT molecular complexity index is 1180. The number of fused-ring (bicyclic) bond motifs is 1. The predicted molar refractivity (Wildman–Crippen MR) is 111 cm³/mol. The van der Waals surface area contributed by atoms with Gasteiger partial charge in [0.1, 0.15) is 5.75 Å². The number of aryl methyl sites for hydroxylation is 1. The lowest BCUT2D eigenvalue weighted by atomic mass is 10.3. The Hall–Kier alpha value is -2.16. The fraction of sp³-hybridized carbons (Fsp3) is 0.263. The number of rotatable bonds is 6. The molecule has 0 aliphatic heterocycles. The third-order valence-electron chi connectivity index (χ3n) is 4.21. The molecule has 0 saturated heterocycles. The number of aromatic nitrogens is 1. The zero-order valence-electron chi connectivity index (χ0n) is 15.4. The molecule has 0 saturated carbocycles. The standard InChI is InChI=1S/C19H19ClN2O4S2/c1-22-16-10-7-14(26-2)12-17(16)27-19(22)21-18(23)4-3-11-28(24,25)15-8-5-13(20)6-9-15/h5-10,12H,3-4,11H2,1-2H3. The topological polar surface area (TPSA) is 77.7 Å². The zero-order valence-corrected chi connectivity index (χ0v) is 17.8. The number of nitrogens with zero attached hydrogens (tertiary/aromatic N) is 2. The molecule has 2 aromatic carbocycles. The molecule has 0 bridgehead atoms. The van der Waals surface area contributed by atoms with Crippen molar-refractivity contribution in [1.29, 1.82) is 0 Å². The predicted octanol–water partition coefficient (Wildman–Crippen LogP) is 3.58. The molecule has 148 valence electrons. The lowest BCUT2D eigenvalue weighted by molar-refractivity contribution is -0.118. The first kappa shape index (κ1) is 20.6. The van der Waals surface area contributed by atoms with Crippen molar-refractivity contribution >= 4 is 48.9 Å². The summed E-state index contributed by atoms with van der Waals surface area (Å²) in [5.41, 5.74) is 0.947. The molecule has 6 nitrogen and oxygen atoms in total. The minimum absolute atomic E-state index is 0.0599. The molecule has 0 spiro atoms. The van der Waals surface area contributed by atoms with Crippen molar-refractivity contribution in [1.82, 2.24) is 4.57 Å². The summed E-state index contributed by atoms with van der Waals surface area (Å²) >= 11 is 7.17. The summed E-state index contributed by atoms with van der Waals surface area (Å²) in [6.45, 7) is 0. The summed E-state index contributed by atoms with van der Waals surface area (Å²) in [4.78, 5) is 17.1. The molecular formula is C19H19ClN2O4S2. The molecule has 9 heteroatoms. The summed E-state index contributed by atoms with van der Waals surface area (Å²) in [5, 5.41) is 0.474. The van der Waals surface area contributed by atoms with Gasteiger partial charge in [-0.25, -0.2) is 8.42 Å². The van der Waals surface area contributed by atoms with E-state index in [4.69, 9.17) is 16.3 Å². The highest BCUT2D eigenvalue weighted by Crippen LogP contribution is 2.22. The summed E-state index contributed by atoms with van der Waals surface area (Å²) in [5.74, 6) is 0.270. The fourth-order valence-corrected chi connectivity index (χ4v) is 5.18. The third-order valence-corrected chi connectivity index (χ3v) is 7.38. The van der Waals surface area contributed by atoms with Crippen LogP contribution in [0.3, 0.4) is 0 Å². The van der Waals surface area contributed by atoms with E-state index in [1.54, 1.807) is 7.11 Å². The summed E-state index contributed by atoms with van der Waals surface area (Å²) in [6.07, 6.45) is 0.264. The Morgan fingerprint density at radius 1 is 1.21 bits per heavy atom. The van der Waals surface area contributed by atoms with Gasteiger partial charge in [-0.1, -0.05) is 22.9 Å². The number of halogens is 1. The van der Waals surface area contributed by atoms with Gasteiger partial charge in [-0.3, -0.25) is 4.79 Å². The smallest absolute Gasteiger partial charge is 0.248 e. The van der Waals surface area contributed by atoms with Crippen LogP contribution in [-0.2, 0) is 21.7 Å². The Labute approximate surface area is 172 Å². The van der Waals surface area contributed by atoms with Crippen LogP contribution in [0.5, 0.6) is 5.75 Å². The van der Waals surface area contributed by atoms with Crippen molar-refractivity contribution in [3.8, 4) is 5.75 Å². The second-order valence-corrected chi connectivity index (χ2v) is 9.71. The van der Waals surface area contributed by atoms with Gasteiger partial charge in [0.25, 0.3) is 0 Å². The van der Waals surface area contributed by atoms with Gasteiger partial charge in [0.05, 0.1) is 28.0 Å². The fourth-order valence-electron chi connectivity index (χ4n) is 2.68. The van der Waals surface area contributed by atoms with Crippen molar-refractivity contribution in [3.63, 3.8) is 0 Å². The Balaban J connectivity index is 1.69. The lowest BCUT2D eigenvalue weighted by Crippen LogP contribution is -2.14. The van der Waals surface area contributed by atoms with Crippen LogP contribution in [0.15, 0.2) is 52.4 Å². The molecule has 1 amide bonds. The van der Waals surface area contributed by atoms with E-state index in [2.05, 4.69) is 4.99 Å². The van der Waals surface area contributed by atoms with E-state index in [0.29, 0.717) is 9.82 Å². The maximum atomic E-state index is 12.3. The minimum Gasteiger partial charge on any atom is -0.497 e. The van der Waals surface area contributed by atoms with E-state index in [1.165, 1.54) is 35.6 Å². The second kappa shape index (κ2) is 8.46. The Morgan fingerprint density at radius 3 is 2.61 bits per heavy atom. The maximum Gasteiger partial charge on any atom is 0.248 e. The molecule has 28 heavy (non-hydrogen) atoms. The quantitative estimate of drug-likeness (QED) is 0.589. The average Bonchev–Trinajstić information content (AvgIpc) is 2.96. The first-order chi connectivity index (χ1) is 13.3. The molecule has 1 heterocycles. The van der Waals surface area contributed by atoms with Crippen molar-refractivity contribution in [2.45, 2.75) is 17.7 Å². The molecular weight excluding hydrogens is 420 g/mol. The lowest BCUT2D eigenvalue weighted by Gasteiger charge is -2.03. The van der Waals surface area contributed by atoms with Crippen molar-refractivity contribution in [2.24, 2.45) is 12.0 Å². The monoisotopic (exact) mass is 438 g/mol. The number of thiazole rings is 1. The van der Waals surface area contributed by atoms with Gasteiger partial charge in [-0.05, 0) is 48.9 Å². The molecule has 3 aromatic rings.